The van der Waals surface area contributed by atoms with Crippen LogP contribution in [0.4, 0.5) is 0 Å². The first kappa shape index (κ1) is 16.0. The summed E-state index contributed by atoms with van der Waals surface area (Å²) in [5, 5.41) is 10.7. The molecule has 3 aliphatic rings. The Kier molecular flexibility index (Phi) is 3.49. The molecule has 0 aromatic heterocycles. The van der Waals surface area contributed by atoms with E-state index in [1.54, 1.807) is 0 Å². The van der Waals surface area contributed by atoms with Gasteiger partial charge in [0.15, 0.2) is 0 Å². The second-order valence-electron chi connectivity index (χ2n) is 8.87. The van der Waals surface area contributed by atoms with Gasteiger partial charge < -0.3 is 5.11 Å². The number of allylic oxidation sites excluding steroid dienone is 2. The van der Waals surface area contributed by atoms with Crippen molar-refractivity contribution in [3.63, 3.8) is 0 Å². The Hall–Kier alpha value is -0.890. The van der Waals surface area contributed by atoms with Crippen LogP contribution in [-0.2, 0) is 4.79 Å². The van der Waals surface area contributed by atoms with Gasteiger partial charge >= 0.3 is 0 Å². The highest BCUT2D eigenvalue weighted by Gasteiger charge is 2.57. The summed E-state index contributed by atoms with van der Waals surface area (Å²) in [6, 6.07) is 0. The average molecular weight is 302 g/mol. The molecule has 0 radical (unpaired) electrons. The molecule has 2 fully saturated rings. The molecule has 2 heteroatoms. The van der Waals surface area contributed by atoms with E-state index >= 15 is 0 Å². The molecular formula is C20H30O2. The van der Waals surface area contributed by atoms with Gasteiger partial charge in [-0.05, 0) is 56.8 Å². The quantitative estimate of drug-likeness (QED) is 0.734. The number of hydrogen-bond donors (Lipinski definition) is 1. The lowest BCUT2D eigenvalue weighted by Crippen LogP contribution is -2.54. The van der Waals surface area contributed by atoms with Crippen LogP contribution < -0.4 is 0 Å². The van der Waals surface area contributed by atoms with Crippen LogP contribution in [0, 0.1) is 28.1 Å². The molecule has 2 saturated carbocycles. The fraction of sp³-hybridized carbons (Fsp3) is 0.750. The van der Waals surface area contributed by atoms with Gasteiger partial charge in [-0.25, -0.2) is 0 Å². The van der Waals surface area contributed by atoms with Gasteiger partial charge in [-0.15, -0.1) is 6.58 Å². The van der Waals surface area contributed by atoms with Gasteiger partial charge in [0.2, 0.25) is 0 Å². The van der Waals surface area contributed by atoms with Crippen molar-refractivity contribution < 1.29 is 9.90 Å². The van der Waals surface area contributed by atoms with Crippen LogP contribution in [-0.4, -0.2) is 17.0 Å². The van der Waals surface area contributed by atoms with E-state index in [-0.39, 0.29) is 22.3 Å². The number of hydrogen-bond acceptors (Lipinski definition) is 2. The lowest BCUT2D eigenvalue weighted by atomic mass is 9.46. The van der Waals surface area contributed by atoms with E-state index in [1.807, 2.05) is 6.08 Å². The first-order valence-corrected chi connectivity index (χ1v) is 8.70. The van der Waals surface area contributed by atoms with Crippen LogP contribution in [0.5, 0.6) is 0 Å². The molecule has 5 atom stereocenters. The molecule has 0 saturated heterocycles. The molecule has 0 bridgehead atoms. The Bertz CT molecular complexity index is 544. The molecule has 0 amide bonds. The fourth-order valence-corrected chi connectivity index (χ4v) is 5.41. The molecule has 2 nitrogen and oxygen atoms in total. The number of rotatable bonds is 1. The normalized spacial score (nSPS) is 47.2. The Balaban J connectivity index is 2.00. The molecule has 122 valence electrons. The van der Waals surface area contributed by atoms with Crippen molar-refractivity contribution in [2.24, 2.45) is 28.1 Å². The molecule has 22 heavy (non-hydrogen) atoms. The molecule has 0 aliphatic heterocycles. The van der Waals surface area contributed by atoms with Crippen molar-refractivity contribution in [2.75, 3.05) is 0 Å². The first-order chi connectivity index (χ1) is 10.1. The Morgan fingerprint density at radius 3 is 2.59 bits per heavy atom. The second-order valence-corrected chi connectivity index (χ2v) is 8.87. The number of aliphatic hydroxyl groups excluding tert-OH is 1. The fourth-order valence-electron chi connectivity index (χ4n) is 5.41. The first-order valence-electron chi connectivity index (χ1n) is 8.70. The summed E-state index contributed by atoms with van der Waals surface area (Å²) in [7, 11) is 0. The zero-order chi connectivity index (χ0) is 16.3. The van der Waals surface area contributed by atoms with Crippen molar-refractivity contribution in [1.29, 1.82) is 0 Å². The van der Waals surface area contributed by atoms with E-state index in [0.29, 0.717) is 24.0 Å². The highest BCUT2D eigenvalue weighted by molar-refractivity contribution is 5.88. The maximum Gasteiger partial charge on any atom is 0.142 e. The maximum atomic E-state index is 12.3. The molecule has 3 rings (SSSR count). The van der Waals surface area contributed by atoms with Crippen LogP contribution in [0.2, 0.25) is 0 Å². The summed E-state index contributed by atoms with van der Waals surface area (Å²) in [6.45, 7) is 12.6. The van der Waals surface area contributed by atoms with Crippen molar-refractivity contribution in [3.8, 4) is 0 Å². The molecule has 0 unspecified atom stereocenters. The number of fused-ring (bicyclic) bond motifs is 3. The number of carbonyl (C=O) groups excluding carboxylic acids is 1. The Morgan fingerprint density at radius 2 is 1.95 bits per heavy atom. The number of aliphatic hydroxyl groups is 1. The Labute approximate surface area is 134 Å². The van der Waals surface area contributed by atoms with Crippen LogP contribution in [0.1, 0.15) is 59.8 Å². The monoisotopic (exact) mass is 302 g/mol. The van der Waals surface area contributed by atoms with Crippen LogP contribution in [0.3, 0.4) is 0 Å². The Morgan fingerprint density at radius 1 is 1.27 bits per heavy atom. The van der Waals surface area contributed by atoms with Gasteiger partial charge in [-0.3, -0.25) is 4.79 Å². The van der Waals surface area contributed by atoms with Gasteiger partial charge in [0.1, 0.15) is 5.78 Å². The molecule has 1 N–H and O–H groups in total. The smallest absolute Gasteiger partial charge is 0.142 e. The maximum absolute atomic E-state index is 12.3. The summed E-state index contributed by atoms with van der Waals surface area (Å²) < 4.78 is 0. The van der Waals surface area contributed by atoms with Crippen LogP contribution in [0.25, 0.3) is 0 Å². The van der Waals surface area contributed by atoms with E-state index in [1.165, 1.54) is 5.57 Å². The van der Waals surface area contributed by atoms with Gasteiger partial charge in [0, 0.05) is 17.3 Å². The molecule has 0 spiro atoms. The van der Waals surface area contributed by atoms with E-state index in [4.69, 9.17) is 0 Å². The number of Topliss-reactive ketones (excluding diaryl/α,β-unsaturated/α-hetero) is 1. The van der Waals surface area contributed by atoms with E-state index < -0.39 is 0 Å². The predicted octanol–water partition coefficient (Wildman–Crippen LogP) is 4.29. The predicted molar refractivity (Wildman–Crippen MR) is 89.4 cm³/mol. The summed E-state index contributed by atoms with van der Waals surface area (Å²) in [5.41, 5.74) is 0.970. The standard InChI is InChI=1S/C20H30O2/c1-6-19(4)11-13-7-8-14-15(20(13,5)12-17(19)22)9-10-16(21)18(14,2)3/h6,8,13,15,17,22H,1,7,9-12H2,2-5H3/t13-,15+,17+,19+,20+/m1/s1. The molecule has 0 aromatic carbocycles. The minimum Gasteiger partial charge on any atom is -0.392 e. The zero-order valence-corrected chi connectivity index (χ0v) is 14.5. The van der Waals surface area contributed by atoms with Crippen molar-refractivity contribution in [2.45, 2.75) is 65.9 Å². The van der Waals surface area contributed by atoms with E-state index in [0.717, 1.165) is 25.7 Å². The number of ketones is 1. The van der Waals surface area contributed by atoms with Gasteiger partial charge in [0.05, 0.1) is 6.10 Å². The SMILES string of the molecule is C=C[C@@]1(C)C[C@H]2CC=C3[C@H](CCC(=O)C3(C)C)[C@@]2(C)C[C@@H]1O. The van der Waals surface area contributed by atoms with E-state index in [9.17, 15) is 9.90 Å². The third-order valence-electron chi connectivity index (χ3n) is 7.35. The van der Waals surface area contributed by atoms with Gasteiger partial charge in [-0.2, -0.15) is 0 Å². The van der Waals surface area contributed by atoms with Crippen LogP contribution in [0.15, 0.2) is 24.3 Å². The zero-order valence-electron chi connectivity index (χ0n) is 14.5. The van der Waals surface area contributed by atoms with Crippen molar-refractivity contribution in [3.05, 3.63) is 24.3 Å². The largest absolute Gasteiger partial charge is 0.392 e. The van der Waals surface area contributed by atoms with Gasteiger partial charge in [-0.1, -0.05) is 31.6 Å². The number of carbonyl (C=O) groups is 1. The summed E-state index contributed by atoms with van der Waals surface area (Å²) in [5.74, 6) is 1.41. The second kappa shape index (κ2) is 4.80. The summed E-state index contributed by atoms with van der Waals surface area (Å²) in [6.07, 6.45) is 8.49. The lowest BCUT2D eigenvalue weighted by Gasteiger charge is -2.59. The average Bonchev–Trinajstić information content (AvgIpc) is 2.45. The van der Waals surface area contributed by atoms with Crippen molar-refractivity contribution in [1.82, 2.24) is 0 Å². The topological polar surface area (TPSA) is 37.3 Å². The van der Waals surface area contributed by atoms with E-state index in [2.05, 4.69) is 40.3 Å². The highest BCUT2D eigenvalue weighted by atomic mass is 16.3. The van der Waals surface area contributed by atoms with Gasteiger partial charge in [0.25, 0.3) is 0 Å². The molecular weight excluding hydrogens is 272 g/mol. The highest BCUT2D eigenvalue weighted by Crippen LogP contribution is 2.62. The molecule has 0 heterocycles. The van der Waals surface area contributed by atoms with Crippen molar-refractivity contribution >= 4 is 5.78 Å². The summed E-state index contributed by atoms with van der Waals surface area (Å²) in [4.78, 5) is 12.3. The third kappa shape index (κ3) is 1.99. The molecule has 0 aromatic rings. The third-order valence-corrected chi connectivity index (χ3v) is 7.35. The minimum absolute atomic E-state index is 0.115. The minimum atomic E-state index is -0.327. The van der Waals surface area contributed by atoms with Crippen LogP contribution >= 0.6 is 0 Å². The molecule has 3 aliphatic carbocycles. The summed E-state index contributed by atoms with van der Waals surface area (Å²) >= 11 is 0. The lowest BCUT2D eigenvalue weighted by molar-refractivity contribution is -0.132.